The number of benzene rings is 2. The maximum Gasteiger partial charge on any atom is 0.231 e. The third-order valence-corrected chi connectivity index (χ3v) is 6.14. The highest BCUT2D eigenvalue weighted by molar-refractivity contribution is 7.16. The number of piperidine rings is 1. The normalized spacial score (nSPS) is 18.9. The average molecular weight is 410 g/mol. The molecule has 1 N–H and O–H groups in total. The first-order valence-electron chi connectivity index (χ1n) is 9.52. The van der Waals surface area contributed by atoms with Crippen LogP contribution >= 0.6 is 11.3 Å². The Morgan fingerprint density at radius 3 is 2.93 bits per heavy atom. The molecule has 5 rings (SSSR count). The number of likely N-dealkylation sites (tertiary alicyclic amines) is 1. The van der Waals surface area contributed by atoms with Gasteiger partial charge in [-0.3, -0.25) is 4.90 Å². The van der Waals surface area contributed by atoms with Gasteiger partial charge >= 0.3 is 0 Å². The number of rotatable bonds is 4. The van der Waals surface area contributed by atoms with Crippen LogP contribution in [-0.2, 0) is 0 Å². The van der Waals surface area contributed by atoms with Crippen molar-refractivity contribution in [1.82, 2.24) is 20.0 Å². The molecule has 3 heterocycles. The monoisotopic (exact) mass is 410 g/mol. The lowest BCUT2D eigenvalue weighted by Crippen LogP contribution is -2.37. The Hall–Kier alpha value is -2.68. The lowest BCUT2D eigenvalue weighted by Gasteiger charge is -2.34. The Morgan fingerprint density at radius 1 is 1.21 bits per heavy atom. The maximum atomic E-state index is 13.1. The summed E-state index contributed by atoms with van der Waals surface area (Å²) in [4.78, 5) is 10.8. The molecule has 2 aromatic carbocycles. The molecule has 1 saturated heterocycles. The summed E-state index contributed by atoms with van der Waals surface area (Å²) in [7, 11) is 0. The van der Waals surface area contributed by atoms with Gasteiger partial charge in [0.15, 0.2) is 0 Å². The van der Waals surface area contributed by atoms with E-state index in [4.69, 9.17) is 4.52 Å². The zero-order chi connectivity index (χ0) is 19.8. The van der Waals surface area contributed by atoms with Gasteiger partial charge in [-0.1, -0.05) is 11.2 Å². The van der Waals surface area contributed by atoms with Crippen LogP contribution in [0.25, 0.3) is 21.6 Å². The number of hydrogen-bond acceptors (Lipinski definition) is 7. The van der Waals surface area contributed by atoms with Crippen molar-refractivity contribution in [2.24, 2.45) is 0 Å². The van der Waals surface area contributed by atoms with Gasteiger partial charge in [-0.15, -0.1) is 11.3 Å². The molecular weight excluding hydrogens is 391 g/mol. The van der Waals surface area contributed by atoms with E-state index < -0.39 is 6.23 Å². The van der Waals surface area contributed by atoms with Gasteiger partial charge in [0.1, 0.15) is 12.0 Å². The van der Waals surface area contributed by atoms with E-state index in [9.17, 15) is 9.50 Å². The quantitative estimate of drug-likeness (QED) is 0.539. The van der Waals surface area contributed by atoms with Crippen molar-refractivity contribution >= 4 is 21.6 Å². The summed E-state index contributed by atoms with van der Waals surface area (Å²) < 4.78 is 19.7. The highest BCUT2D eigenvalue weighted by Crippen LogP contribution is 2.32. The fourth-order valence-corrected chi connectivity index (χ4v) is 4.52. The molecule has 148 valence electrons. The van der Waals surface area contributed by atoms with Crippen LogP contribution in [0.15, 0.2) is 52.5 Å². The van der Waals surface area contributed by atoms with E-state index in [1.54, 1.807) is 23.5 Å². The van der Waals surface area contributed by atoms with Gasteiger partial charge in [-0.25, -0.2) is 9.37 Å². The van der Waals surface area contributed by atoms with Gasteiger partial charge in [-0.05, 0) is 54.8 Å². The van der Waals surface area contributed by atoms with Crippen LogP contribution in [-0.4, -0.2) is 38.2 Å². The summed E-state index contributed by atoms with van der Waals surface area (Å²) in [6, 6.07) is 11.9. The Morgan fingerprint density at radius 2 is 2.07 bits per heavy atom. The summed E-state index contributed by atoms with van der Waals surface area (Å²) in [5.74, 6) is 0.755. The maximum absolute atomic E-state index is 13.1. The summed E-state index contributed by atoms with van der Waals surface area (Å²) >= 11 is 1.57. The molecule has 8 heteroatoms. The number of aliphatic hydroxyl groups is 1. The Balaban J connectivity index is 1.33. The van der Waals surface area contributed by atoms with E-state index in [1.165, 1.54) is 12.1 Å². The first kappa shape index (κ1) is 18.4. The minimum absolute atomic E-state index is 0.0484. The van der Waals surface area contributed by atoms with E-state index in [2.05, 4.69) is 15.1 Å². The van der Waals surface area contributed by atoms with Crippen molar-refractivity contribution in [2.75, 3.05) is 13.1 Å². The van der Waals surface area contributed by atoms with Crippen LogP contribution in [0.3, 0.4) is 0 Å². The molecule has 0 saturated carbocycles. The Bertz CT molecular complexity index is 1130. The second kappa shape index (κ2) is 7.62. The van der Waals surface area contributed by atoms with Gasteiger partial charge in [0.25, 0.3) is 0 Å². The van der Waals surface area contributed by atoms with Gasteiger partial charge in [0, 0.05) is 18.7 Å². The third-order valence-electron chi connectivity index (χ3n) is 5.35. The molecule has 4 aromatic rings. The summed E-state index contributed by atoms with van der Waals surface area (Å²) in [5, 5.41) is 15.0. The Kier molecular flexibility index (Phi) is 4.83. The number of aliphatic hydroxyl groups excluding tert-OH is 1. The van der Waals surface area contributed by atoms with Crippen molar-refractivity contribution < 1.29 is 14.0 Å². The highest BCUT2D eigenvalue weighted by atomic mass is 32.1. The fourth-order valence-electron chi connectivity index (χ4n) is 3.79. The first-order chi connectivity index (χ1) is 14.2. The van der Waals surface area contributed by atoms with Crippen LogP contribution in [0.2, 0.25) is 0 Å². The molecule has 2 atom stereocenters. The van der Waals surface area contributed by atoms with Crippen LogP contribution in [0.5, 0.6) is 0 Å². The summed E-state index contributed by atoms with van der Waals surface area (Å²) in [6.07, 6.45) is 1.16. The van der Waals surface area contributed by atoms with Crippen LogP contribution in [0.4, 0.5) is 4.39 Å². The fraction of sp³-hybridized carbons (Fsp3) is 0.286. The molecule has 6 nitrogen and oxygen atoms in total. The number of aromatic nitrogens is 3. The van der Waals surface area contributed by atoms with E-state index in [0.29, 0.717) is 23.8 Å². The van der Waals surface area contributed by atoms with Crippen molar-refractivity contribution in [3.8, 4) is 11.4 Å². The highest BCUT2D eigenvalue weighted by Gasteiger charge is 2.30. The van der Waals surface area contributed by atoms with Crippen molar-refractivity contribution in [2.45, 2.75) is 25.0 Å². The predicted octanol–water partition coefficient (Wildman–Crippen LogP) is 4.36. The second-order valence-corrected chi connectivity index (χ2v) is 8.14. The summed E-state index contributed by atoms with van der Waals surface area (Å²) in [6.45, 7) is 1.43. The molecular formula is C21H19FN4O2S. The van der Waals surface area contributed by atoms with Gasteiger partial charge in [-0.2, -0.15) is 4.98 Å². The van der Waals surface area contributed by atoms with Crippen molar-refractivity contribution in [1.29, 1.82) is 0 Å². The lowest BCUT2D eigenvalue weighted by molar-refractivity contribution is -0.0175. The number of hydrogen-bond donors (Lipinski definition) is 1. The number of halogens is 1. The molecule has 0 radical (unpaired) electrons. The number of thiazole rings is 1. The SMILES string of the molecule is OC(c1ccc2ncsc2c1)N1CCC[C@H](c2nc(-c3ccc(F)cc3)no2)C1. The molecule has 1 aliphatic rings. The number of nitrogens with zero attached hydrogens (tertiary/aromatic N) is 4. The molecule has 1 fully saturated rings. The minimum Gasteiger partial charge on any atom is -0.374 e. The smallest absolute Gasteiger partial charge is 0.231 e. The van der Waals surface area contributed by atoms with Crippen LogP contribution in [0.1, 0.15) is 36.4 Å². The Labute approximate surface area is 170 Å². The van der Waals surface area contributed by atoms with E-state index in [1.807, 2.05) is 28.6 Å². The van der Waals surface area contributed by atoms with Crippen LogP contribution < -0.4 is 0 Å². The number of fused-ring (bicyclic) bond motifs is 1. The zero-order valence-electron chi connectivity index (χ0n) is 15.5. The van der Waals surface area contributed by atoms with E-state index in [-0.39, 0.29) is 11.7 Å². The van der Waals surface area contributed by atoms with E-state index >= 15 is 0 Å². The van der Waals surface area contributed by atoms with Gasteiger partial charge in [0.05, 0.1) is 21.6 Å². The molecule has 29 heavy (non-hydrogen) atoms. The van der Waals surface area contributed by atoms with Crippen molar-refractivity contribution in [3.63, 3.8) is 0 Å². The average Bonchev–Trinajstić information content (AvgIpc) is 3.43. The zero-order valence-corrected chi connectivity index (χ0v) is 16.3. The van der Waals surface area contributed by atoms with E-state index in [0.717, 1.165) is 35.2 Å². The van der Waals surface area contributed by atoms with Gasteiger partial charge < -0.3 is 9.63 Å². The minimum atomic E-state index is -0.691. The van der Waals surface area contributed by atoms with Crippen molar-refractivity contribution in [3.05, 3.63) is 65.2 Å². The molecule has 0 aliphatic carbocycles. The topological polar surface area (TPSA) is 75.3 Å². The molecule has 1 unspecified atom stereocenters. The summed E-state index contributed by atoms with van der Waals surface area (Å²) in [5.41, 5.74) is 4.33. The third kappa shape index (κ3) is 3.66. The molecule has 2 aromatic heterocycles. The lowest BCUT2D eigenvalue weighted by atomic mass is 9.97. The molecule has 0 bridgehead atoms. The predicted molar refractivity (Wildman–Crippen MR) is 108 cm³/mol. The van der Waals surface area contributed by atoms with Gasteiger partial charge in [0.2, 0.25) is 11.7 Å². The van der Waals surface area contributed by atoms with Crippen LogP contribution in [0, 0.1) is 5.82 Å². The molecule has 0 spiro atoms. The molecule has 0 amide bonds. The second-order valence-electron chi connectivity index (χ2n) is 7.25. The first-order valence-corrected chi connectivity index (χ1v) is 10.4. The largest absolute Gasteiger partial charge is 0.374 e. The standard InChI is InChI=1S/C21H19FN4O2S/c22-16-6-3-13(4-7-16)19-24-20(28-25-19)15-2-1-9-26(11-15)21(27)14-5-8-17-18(10-14)29-12-23-17/h3-8,10,12,15,21,27H,1-2,9,11H2/t15-,21?/m0/s1. The molecule has 1 aliphatic heterocycles.